The number of esters is 1. The molecule has 162 valence electrons. The number of rotatable bonds is 8. The van der Waals surface area contributed by atoms with E-state index in [0.29, 0.717) is 28.3 Å². The predicted octanol–water partition coefficient (Wildman–Crippen LogP) is 3.83. The van der Waals surface area contributed by atoms with Crippen molar-refractivity contribution in [3.8, 4) is 11.5 Å². The van der Waals surface area contributed by atoms with Gasteiger partial charge in [0.25, 0.3) is 0 Å². The zero-order valence-electron chi connectivity index (χ0n) is 19.8. The summed E-state index contributed by atoms with van der Waals surface area (Å²) in [5.74, 6) is 3.34. The number of likely N-dealkylation sites (N-methyl/N-ethyl adjacent to an activating group) is 2. The lowest BCUT2D eigenvalue weighted by atomic mass is 10.3. The van der Waals surface area contributed by atoms with Crippen molar-refractivity contribution in [3.05, 3.63) is 17.5 Å². The summed E-state index contributed by atoms with van der Waals surface area (Å²) in [5, 5.41) is 0. The van der Waals surface area contributed by atoms with E-state index in [4.69, 9.17) is 4.74 Å². The number of carbonyl (C=O) groups is 1. The molecule has 0 saturated carbocycles. The minimum Gasteiger partial charge on any atom is -0.464 e. The molecule has 0 fully saturated rings. The summed E-state index contributed by atoms with van der Waals surface area (Å²) in [4.78, 5) is 25.2. The van der Waals surface area contributed by atoms with Crippen molar-refractivity contribution in [2.45, 2.75) is 58.2 Å². The Morgan fingerprint density at radius 1 is 1.03 bits per heavy atom. The predicted molar refractivity (Wildman–Crippen MR) is 123 cm³/mol. The molecule has 0 N–H and O–H groups in total. The summed E-state index contributed by atoms with van der Waals surface area (Å²) in [7, 11) is 5.42. The Labute approximate surface area is 178 Å². The van der Waals surface area contributed by atoms with Crippen LogP contribution in [0.1, 0.15) is 57.7 Å². The second-order valence-electron chi connectivity index (χ2n) is 8.80. The first kappa shape index (κ1) is 25.1. The number of hydrogen-bond donors (Lipinski definition) is 0. The van der Waals surface area contributed by atoms with E-state index in [2.05, 4.69) is 67.9 Å². The van der Waals surface area contributed by atoms with E-state index < -0.39 is 14.0 Å². The third-order valence-corrected chi connectivity index (χ3v) is 11.9. The molecule has 0 spiro atoms. The highest BCUT2D eigenvalue weighted by molar-refractivity contribution is 6.90. The molecule has 0 aliphatic heterocycles. The highest BCUT2D eigenvalue weighted by Gasteiger charge is 2.41. The lowest BCUT2D eigenvalue weighted by molar-refractivity contribution is 0.0594. The van der Waals surface area contributed by atoms with Gasteiger partial charge in [-0.15, -0.1) is 5.54 Å². The minimum atomic E-state index is -1.90. The first-order valence-corrected chi connectivity index (χ1v) is 12.5. The van der Waals surface area contributed by atoms with Gasteiger partial charge in [-0.05, 0) is 30.7 Å². The number of anilines is 1. The first-order valence-electron chi connectivity index (χ1n) is 10.3. The van der Waals surface area contributed by atoms with Crippen molar-refractivity contribution >= 4 is 20.0 Å². The van der Waals surface area contributed by atoms with Gasteiger partial charge in [0.05, 0.1) is 7.11 Å². The van der Waals surface area contributed by atoms with Gasteiger partial charge < -0.3 is 14.5 Å². The standard InChI is InChI=1S/C22H38N4O2Si/c1-16(2)29(17(3)4,18(5)6)14-11-19-15-20(21(27)28-10)24-22(23-19)26(9)13-12-25(7)8/h15-18H,12-13H2,1-10H3. The fraction of sp³-hybridized carbons (Fsp3) is 0.682. The Hall–Kier alpha value is -1.91. The monoisotopic (exact) mass is 418 g/mol. The highest BCUT2D eigenvalue weighted by atomic mass is 28.3. The van der Waals surface area contributed by atoms with Crippen molar-refractivity contribution in [1.82, 2.24) is 14.9 Å². The van der Waals surface area contributed by atoms with Crippen LogP contribution >= 0.6 is 0 Å². The second-order valence-corrected chi connectivity index (χ2v) is 14.4. The Balaban J connectivity index is 3.46. The highest BCUT2D eigenvalue weighted by Crippen LogP contribution is 2.40. The molecule has 1 heterocycles. The molecule has 1 aromatic rings. The van der Waals surface area contributed by atoms with Crippen LogP contribution in [0.4, 0.5) is 5.95 Å². The van der Waals surface area contributed by atoms with Crippen LogP contribution < -0.4 is 4.90 Å². The molecule has 29 heavy (non-hydrogen) atoms. The second kappa shape index (κ2) is 10.7. The maximum absolute atomic E-state index is 12.2. The average Bonchev–Trinajstić information content (AvgIpc) is 2.64. The van der Waals surface area contributed by atoms with Crippen LogP contribution in [0.15, 0.2) is 6.07 Å². The van der Waals surface area contributed by atoms with Crippen LogP contribution in [-0.4, -0.2) is 70.3 Å². The SMILES string of the molecule is COC(=O)c1cc(C#C[Si](C(C)C)(C(C)C)C(C)C)nc(N(C)CCN(C)C)n1. The molecule has 0 bridgehead atoms. The van der Waals surface area contributed by atoms with Crippen LogP contribution in [0.5, 0.6) is 0 Å². The van der Waals surface area contributed by atoms with Gasteiger partial charge in [0.1, 0.15) is 13.8 Å². The minimum absolute atomic E-state index is 0.240. The summed E-state index contributed by atoms with van der Waals surface area (Å²) in [6.45, 7) is 15.3. The normalized spacial score (nSPS) is 11.8. The quantitative estimate of drug-likeness (QED) is 0.363. The first-order chi connectivity index (χ1) is 13.4. The third kappa shape index (κ3) is 6.28. The molecule has 0 aliphatic carbocycles. The zero-order chi connectivity index (χ0) is 22.4. The molecule has 0 aliphatic rings. The summed E-state index contributed by atoms with van der Waals surface area (Å²) >= 11 is 0. The summed E-state index contributed by atoms with van der Waals surface area (Å²) in [6, 6.07) is 1.64. The zero-order valence-corrected chi connectivity index (χ0v) is 20.8. The summed E-state index contributed by atoms with van der Waals surface area (Å²) in [6.07, 6.45) is 0. The van der Waals surface area contributed by atoms with Crippen LogP contribution in [-0.2, 0) is 4.74 Å². The van der Waals surface area contributed by atoms with Gasteiger partial charge >= 0.3 is 5.97 Å². The van der Waals surface area contributed by atoms with Crippen LogP contribution in [0.25, 0.3) is 0 Å². The molecule has 1 aromatic heterocycles. The fourth-order valence-corrected chi connectivity index (χ4v) is 9.14. The van der Waals surface area contributed by atoms with Gasteiger partial charge in [0.15, 0.2) is 5.69 Å². The number of methoxy groups -OCH3 is 1. The van der Waals surface area contributed by atoms with Gasteiger partial charge in [0, 0.05) is 26.2 Å². The lowest BCUT2D eigenvalue weighted by Crippen LogP contribution is -2.43. The van der Waals surface area contributed by atoms with Gasteiger partial charge in [0.2, 0.25) is 5.95 Å². The van der Waals surface area contributed by atoms with Gasteiger partial charge in [-0.3, -0.25) is 0 Å². The van der Waals surface area contributed by atoms with Crippen LogP contribution in [0, 0.1) is 11.5 Å². The number of aromatic nitrogens is 2. The van der Waals surface area contributed by atoms with Crippen molar-refractivity contribution in [2.75, 3.05) is 46.2 Å². The molecule has 0 aromatic carbocycles. The van der Waals surface area contributed by atoms with Gasteiger partial charge in [-0.2, -0.15) is 0 Å². The Morgan fingerprint density at radius 2 is 1.59 bits per heavy atom. The average molecular weight is 419 g/mol. The fourth-order valence-electron chi connectivity index (χ4n) is 3.93. The van der Waals surface area contributed by atoms with Crippen molar-refractivity contribution in [1.29, 1.82) is 0 Å². The van der Waals surface area contributed by atoms with Crippen LogP contribution in [0.3, 0.4) is 0 Å². The van der Waals surface area contributed by atoms with E-state index in [0.717, 1.165) is 13.1 Å². The number of carbonyl (C=O) groups excluding carboxylic acids is 1. The van der Waals surface area contributed by atoms with Crippen molar-refractivity contribution in [3.63, 3.8) is 0 Å². The Kier molecular flexibility index (Phi) is 9.31. The third-order valence-electron chi connectivity index (χ3n) is 5.61. The van der Waals surface area contributed by atoms with Crippen molar-refractivity contribution < 1.29 is 9.53 Å². The topological polar surface area (TPSA) is 58.6 Å². The number of ether oxygens (including phenoxy) is 1. The molecule has 1 rings (SSSR count). The maximum atomic E-state index is 12.2. The van der Waals surface area contributed by atoms with E-state index in [1.54, 1.807) is 6.07 Å². The van der Waals surface area contributed by atoms with E-state index in [1.165, 1.54) is 7.11 Å². The molecule has 0 saturated heterocycles. The summed E-state index contributed by atoms with van der Waals surface area (Å²) < 4.78 is 4.89. The lowest BCUT2D eigenvalue weighted by Gasteiger charge is -2.38. The Morgan fingerprint density at radius 3 is 2.03 bits per heavy atom. The van der Waals surface area contributed by atoms with E-state index in [1.807, 2.05) is 26.0 Å². The van der Waals surface area contributed by atoms with Crippen LogP contribution in [0.2, 0.25) is 16.6 Å². The largest absolute Gasteiger partial charge is 0.464 e. The number of nitrogens with zero attached hydrogens (tertiary/aromatic N) is 4. The van der Waals surface area contributed by atoms with Crippen molar-refractivity contribution in [2.24, 2.45) is 0 Å². The van der Waals surface area contributed by atoms with Gasteiger partial charge in [-0.25, -0.2) is 14.8 Å². The van der Waals surface area contributed by atoms with E-state index >= 15 is 0 Å². The molecular formula is C22H38N4O2Si. The maximum Gasteiger partial charge on any atom is 0.356 e. The molecule has 7 heteroatoms. The molecular weight excluding hydrogens is 380 g/mol. The Bertz CT molecular complexity index is 729. The van der Waals surface area contributed by atoms with E-state index in [9.17, 15) is 4.79 Å². The molecule has 0 atom stereocenters. The molecule has 0 unspecified atom stereocenters. The molecule has 0 amide bonds. The van der Waals surface area contributed by atoms with Gasteiger partial charge in [-0.1, -0.05) is 47.5 Å². The van der Waals surface area contributed by atoms with E-state index in [-0.39, 0.29) is 5.69 Å². The number of hydrogen-bond acceptors (Lipinski definition) is 6. The molecule has 0 radical (unpaired) electrons. The molecule has 6 nitrogen and oxygen atoms in total. The smallest absolute Gasteiger partial charge is 0.356 e. The summed E-state index contributed by atoms with van der Waals surface area (Å²) in [5.41, 5.74) is 6.06.